The van der Waals surface area contributed by atoms with Crippen molar-refractivity contribution in [2.24, 2.45) is 5.92 Å². The van der Waals surface area contributed by atoms with Gasteiger partial charge < -0.3 is 20.6 Å². The van der Waals surface area contributed by atoms with E-state index in [1.165, 1.54) is 12.1 Å². The molecule has 4 aromatic rings. The quantitative estimate of drug-likeness (QED) is 0.157. The van der Waals surface area contributed by atoms with Gasteiger partial charge in [0.25, 0.3) is 5.91 Å². The molecule has 0 bridgehead atoms. The lowest BCUT2D eigenvalue weighted by atomic mass is 9.98. The molecule has 11 heteroatoms. The lowest BCUT2D eigenvalue weighted by molar-refractivity contribution is -0.143. The van der Waals surface area contributed by atoms with Crippen LogP contribution in [0.3, 0.4) is 0 Å². The Morgan fingerprint density at radius 1 is 0.796 bits per heavy atom. The van der Waals surface area contributed by atoms with Gasteiger partial charge in [-0.3, -0.25) is 14.5 Å². The molecule has 1 saturated heterocycles. The van der Waals surface area contributed by atoms with Crippen LogP contribution >= 0.6 is 0 Å². The van der Waals surface area contributed by atoms with Gasteiger partial charge in [0.2, 0.25) is 5.91 Å². The number of hydrogen-bond acceptors (Lipinski definition) is 5. The van der Waals surface area contributed by atoms with E-state index in [1.807, 2.05) is 56.3 Å². The molecule has 1 aliphatic heterocycles. The number of anilines is 2. The molecule has 1 heterocycles. The second kappa shape index (κ2) is 15.4. The van der Waals surface area contributed by atoms with Crippen LogP contribution in [-0.4, -0.2) is 60.0 Å². The van der Waals surface area contributed by atoms with Crippen LogP contribution in [0.4, 0.5) is 24.5 Å². The highest BCUT2D eigenvalue weighted by molar-refractivity contribution is 6.08. The van der Waals surface area contributed by atoms with E-state index in [-0.39, 0.29) is 17.7 Å². The van der Waals surface area contributed by atoms with Crippen molar-refractivity contribution in [2.45, 2.75) is 38.5 Å². The first-order valence-electron chi connectivity index (χ1n) is 16.2. The third kappa shape index (κ3) is 8.85. The van der Waals surface area contributed by atoms with E-state index >= 15 is 0 Å². The van der Waals surface area contributed by atoms with E-state index in [1.54, 1.807) is 36.4 Å². The lowest BCUT2D eigenvalue weighted by Gasteiger charge is -2.40. The number of alkyl halides is 3. The lowest BCUT2D eigenvalue weighted by Crippen LogP contribution is -2.53. The Morgan fingerprint density at radius 3 is 2.00 bits per heavy atom. The number of hydrogen-bond donors (Lipinski definition) is 3. The van der Waals surface area contributed by atoms with Gasteiger partial charge in [0.05, 0.1) is 5.56 Å². The molecule has 0 spiro atoms. The van der Waals surface area contributed by atoms with Crippen molar-refractivity contribution in [1.82, 2.24) is 10.2 Å². The molecule has 1 fully saturated rings. The Kier molecular flexibility index (Phi) is 11.0. The van der Waals surface area contributed by atoms with Gasteiger partial charge in [-0.2, -0.15) is 13.2 Å². The summed E-state index contributed by atoms with van der Waals surface area (Å²) in [5, 5.41) is 15.4. The number of carboxylic acid groups (broad SMARTS) is 1. The van der Waals surface area contributed by atoms with Crippen LogP contribution in [0.25, 0.3) is 11.1 Å². The third-order valence-electron chi connectivity index (χ3n) is 8.55. The summed E-state index contributed by atoms with van der Waals surface area (Å²) in [7, 11) is 0. The SMILES string of the molecule is CC(C)C[C@H](NC(=O)C(c1ccccc1)N1CCN(c2ccc(NC(=O)c3ccccc3-c3ccc(C(F)(F)F)cc3)cc2)CC1)C(=O)O. The van der Waals surface area contributed by atoms with Crippen LogP contribution in [-0.2, 0) is 15.8 Å². The minimum atomic E-state index is -4.45. The second-order valence-electron chi connectivity index (χ2n) is 12.5. The van der Waals surface area contributed by atoms with Gasteiger partial charge in [0.1, 0.15) is 12.1 Å². The van der Waals surface area contributed by atoms with Crippen molar-refractivity contribution in [1.29, 1.82) is 0 Å². The fraction of sp³-hybridized carbons (Fsp3) is 0.289. The minimum Gasteiger partial charge on any atom is -0.480 e. The summed E-state index contributed by atoms with van der Waals surface area (Å²) in [5.41, 5.74) is 2.88. The van der Waals surface area contributed by atoms with Gasteiger partial charge in [0, 0.05) is 43.1 Å². The van der Waals surface area contributed by atoms with E-state index in [0.717, 1.165) is 23.4 Å². The minimum absolute atomic E-state index is 0.100. The van der Waals surface area contributed by atoms with Crippen molar-refractivity contribution < 1.29 is 32.7 Å². The predicted molar refractivity (Wildman–Crippen MR) is 183 cm³/mol. The molecule has 1 aliphatic rings. The van der Waals surface area contributed by atoms with E-state index < -0.39 is 29.8 Å². The molecular weight excluding hydrogens is 633 g/mol. The Bertz CT molecular complexity index is 1740. The molecule has 8 nitrogen and oxygen atoms in total. The molecule has 2 amide bonds. The van der Waals surface area contributed by atoms with Crippen molar-refractivity contribution in [2.75, 3.05) is 36.4 Å². The summed E-state index contributed by atoms with van der Waals surface area (Å²) in [6, 6.07) is 26.6. The maximum absolute atomic E-state index is 13.6. The molecule has 0 saturated carbocycles. The number of carbonyl (C=O) groups excluding carboxylic acids is 2. The Hall–Kier alpha value is -5.16. The average molecular weight is 673 g/mol. The normalized spacial score (nSPS) is 15.0. The first kappa shape index (κ1) is 35.2. The summed E-state index contributed by atoms with van der Waals surface area (Å²) in [4.78, 5) is 43.0. The second-order valence-corrected chi connectivity index (χ2v) is 12.5. The molecule has 1 unspecified atom stereocenters. The number of nitrogens with one attached hydrogen (secondary N) is 2. The van der Waals surface area contributed by atoms with Crippen molar-refractivity contribution in [3.63, 3.8) is 0 Å². The zero-order valence-corrected chi connectivity index (χ0v) is 27.3. The molecule has 0 aromatic heterocycles. The maximum atomic E-state index is 13.6. The summed E-state index contributed by atoms with van der Waals surface area (Å²) in [6.07, 6.45) is -4.12. The molecular formula is C38H39F3N4O4. The van der Waals surface area contributed by atoms with Crippen LogP contribution in [0.1, 0.15) is 47.8 Å². The number of benzene rings is 4. The van der Waals surface area contributed by atoms with Crippen LogP contribution in [0.15, 0.2) is 103 Å². The van der Waals surface area contributed by atoms with Gasteiger partial charge in [-0.15, -0.1) is 0 Å². The van der Waals surface area contributed by atoms with Crippen LogP contribution in [0, 0.1) is 5.92 Å². The van der Waals surface area contributed by atoms with Gasteiger partial charge in [-0.05, 0) is 71.5 Å². The van der Waals surface area contributed by atoms with E-state index in [9.17, 15) is 32.7 Å². The number of amides is 2. The molecule has 2 atom stereocenters. The van der Waals surface area contributed by atoms with E-state index in [2.05, 4.69) is 20.4 Å². The number of nitrogens with zero attached hydrogens (tertiary/aromatic N) is 2. The highest BCUT2D eigenvalue weighted by Crippen LogP contribution is 2.32. The van der Waals surface area contributed by atoms with Crippen molar-refractivity contribution >= 4 is 29.2 Å². The zero-order valence-electron chi connectivity index (χ0n) is 27.3. The molecule has 4 aromatic carbocycles. The smallest absolute Gasteiger partial charge is 0.416 e. The number of rotatable bonds is 11. The summed E-state index contributed by atoms with van der Waals surface area (Å²) < 4.78 is 39.2. The Balaban J connectivity index is 1.23. The summed E-state index contributed by atoms with van der Waals surface area (Å²) >= 11 is 0. The Morgan fingerprint density at radius 2 is 1.41 bits per heavy atom. The third-order valence-corrected chi connectivity index (χ3v) is 8.55. The topological polar surface area (TPSA) is 102 Å². The zero-order chi connectivity index (χ0) is 35.1. The number of aliphatic carboxylic acids is 1. The highest BCUT2D eigenvalue weighted by Gasteiger charge is 2.33. The Labute approximate surface area is 283 Å². The number of piperazine rings is 1. The van der Waals surface area contributed by atoms with Crippen molar-refractivity contribution in [3.05, 3.63) is 120 Å². The van der Waals surface area contributed by atoms with Crippen LogP contribution in [0.2, 0.25) is 0 Å². The molecule has 256 valence electrons. The average Bonchev–Trinajstić information content (AvgIpc) is 3.09. The predicted octanol–water partition coefficient (Wildman–Crippen LogP) is 7.10. The van der Waals surface area contributed by atoms with Gasteiger partial charge in [-0.1, -0.05) is 74.5 Å². The molecule has 0 aliphatic carbocycles. The maximum Gasteiger partial charge on any atom is 0.416 e. The number of halogens is 3. The monoisotopic (exact) mass is 672 g/mol. The number of carboxylic acids is 1. The molecule has 3 N–H and O–H groups in total. The highest BCUT2D eigenvalue weighted by atomic mass is 19.4. The van der Waals surface area contributed by atoms with Gasteiger partial charge in [-0.25, -0.2) is 4.79 Å². The fourth-order valence-electron chi connectivity index (χ4n) is 6.07. The van der Waals surface area contributed by atoms with Crippen LogP contribution in [0.5, 0.6) is 0 Å². The summed E-state index contributed by atoms with van der Waals surface area (Å²) in [6.45, 7) is 6.21. The largest absolute Gasteiger partial charge is 0.480 e. The first-order chi connectivity index (χ1) is 23.4. The standard InChI is InChI=1S/C38H39F3N4O4/c1-25(2)24-33(37(48)49)43-36(47)34(27-8-4-3-5-9-27)45-22-20-44(21-23-45)30-18-16-29(17-19-30)42-35(46)32-11-7-6-10-31(32)26-12-14-28(15-13-26)38(39,40)41/h3-19,25,33-34H,20-24H2,1-2H3,(H,42,46)(H,43,47)(H,48,49)/t33-,34?/m0/s1. The fourth-order valence-corrected chi connectivity index (χ4v) is 6.07. The summed E-state index contributed by atoms with van der Waals surface area (Å²) in [5.74, 6) is -1.68. The van der Waals surface area contributed by atoms with Gasteiger partial charge >= 0.3 is 12.1 Å². The van der Waals surface area contributed by atoms with Crippen molar-refractivity contribution in [3.8, 4) is 11.1 Å². The molecule has 49 heavy (non-hydrogen) atoms. The van der Waals surface area contributed by atoms with Crippen LogP contribution < -0.4 is 15.5 Å². The van der Waals surface area contributed by atoms with Gasteiger partial charge in [0.15, 0.2) is 0 Å². The molecule has 5 rings (SSSR count). The molecule has 0 radical (unpaired) electrons. The first-order valence-corrected chi connectivity index (χ1v) is 16.2. The number of carbonyl (C=O) groups is 3. The van der Waals surface area contributed by atoms with E-state index in [4.69, 9.17) is 0 Å². The van der Waals surface area contributed by atoms with E-state index in [0.29, 0.717) is 55.0 Å².